The standard InChI is InChI=1S/C23H26N2O4S/c1-6-9-29-23(26)25-19-11-16(7-8-20(19)27-4)18-13-24-30-22(18)17-10-14(2)15(3)21(12-17)28-5/h7-8,10-13H,6,9H2,1-5H3,(H,25,26). The van der Waals surface area contributed by atoms with E-state index in [1.165, 1.54) is 11.5 Å². The molecule has 0 unspecified atom stereocenters. The zero-order valence-electron chi connectivity index (χ0n) is 17.9. The van der Waals surface area contributed by atoms with Crippen LogP contribution in [-0.2, 0) is 4.74 Å². The first-order chi connectivity index (χ1) is 14.5. The summed E-state index contributed by atoms with van der Waals surface area (Å²) in [6.07, 6.45) is 2.09. The fraction of sp³-hybridized carbons (Fsp3) is 0.304. The van der Waals surface area contributed by atoms with E-state index in [0.29, 0.717) is 18.0 Å². The number of benzene rings is 2. The summed E-state index contributed by atoms with van der Waals surface area (Å²) >= 11 is 1.42. The summed E-state index contributed by atoms with van der Waals surface area (Å²) in [7, 11) is 3.24. The largest absolute Gasteiger partial charge is 0.496 e. The van der Waals surface area contributed by atoms with Crippen LogP contribution in [0.4, 0.5) is 10.5 Å². The molecule has 0 aliphatic heterocycles. The average molecular weight is 427 g/mol. The van der Waals surface area contributed by atoms with Crippen LogP contribution in [0.2, 0.25) is 0 Å². The van der Waals surface area contributed by atoms with Crippen molar-refractivity contribution in [2.45, 2.75) is 27.2 Å². The van der Waals surface area contributed by atoms with E-state index in [1.807, 2.05) is 44.3 Å². The van der Waals surface area contributed by atoms with Crippen molar-refractivity contribution in [1.82, 2.24) is 4.37 Å². The van der Waals surface area contributed by atoms with Gasteiger partial charge in [-0.3, -0.25) is 5.32 Å². The Bertz CT molecular complexity index is 1050. The molecule has 2 aromatic carbocycles. The second kappa shape index (κ2) is 9.63. The van der Waals surface area contributed by atoms with Gasteiger partial charge in [-0.05, 0) is 72.3 Å². The van der Waals surface area contributed by atoms with Crippen LogP contribution in [0.3, 0.4) is 0 Å². The number of ether oxygens (including phenoxy) is 3. The highest BCUT2D eigenvalue weighted by atomic mass is 32.1. The van der Waals surface area contributed by atoms with Crippen LogP contribution in [0.15, 0.2) is 36.5 Å². The molecule has 0 bridgehead atoms. The SMILES string of the molecule is CCCOC(=O)Nc1cc(-c2cnsc2-c2cc(C)c(C)c(OC)c2)ccc1OC. The van der Waals surface area contributed by atoms with Gasteiger partial charge in [-0.2, -0.15) is 4.37 Å². The van der Waals surface area contributed by atoms with E-state index < -0.39 is 6.09 Å². The maximum absolute atomic E-state index is 12.1. The Kier molecular flexibility index (Phi) is 6.95. The Morgan fingerprint density at radius 2 is 1.83 bits per heavy atom. The number of nitrogens with one attached hydrogen (secondary N) is 1. The number of hydrogen-bond acceptors (Lipinski definition) is 6. The molecule has 0 radical (unpaired) electrons. The van der Waals surface area contributed by atoms with Gasteiger partial charge in [0, 0.05) is 11.8 Å². The lowest BCUT2D eigenvalue weighted by atomic mass is 9.99. The summed E-state index contributed by atoms with van der Waals surface area (Å²) in [5, 5.41) is 2.77. The minimum Gasteiger partial charge on any atom is -0.496 e. The summed E-state index contributed by atoms with van der Waals surface area (Å²) < 4.78 is 20.5. The summed E-state index contributed by atoms with van der Waals surface area (Å²) in [5.41, 5.74) is 5.75. The van der Waals surface area contributed by atoms with Gasteiger partial charge >= 0.3 is 6.09 Å². The van der Waals surface area contributed by atoms with E-state index in [0.717, 1.165) is 44.9 Å². The number of hydrogen-bond donors (Lipinski definition) is 1. The van der Waals surface area contributed by atoms with Gasteiger partial charge in [0.05, 0.1) is 31.4 Å². The first-order valence-corrected chi connectivity index (χ1v) is 10.5. The molecule has 1 amide bonds. The second-order valence-corrected chi connectivity index (χ2v) is 7.67. The van der Waals surface area contributed by atoms with Crippen molar-refractivity contribution in [1.29, 1.82) is 0 Å². The molecule has 7 heteroatoms. The first kappa shape index (κ1) is 21.6. The molecule has 0 aliphatic carbocycles. The van der Waals surface area contributed by atoms with E-state index in [4.69, 9.17) is 14.2 Å². The molecule has 1 heterocycles. The smallest absolute Gasteiger partial charge is 0.411 e. The average Bonchev–Trinajstić information content (AvgIpc) is 3.24. The van der Waals surface area contributed by atoms with Gasteiger partial charge in [0.25, 0.3) is 0 Å². The third-order valence-corrected chi connectivity index (χ3v) is 5.71. The minimum absolute atomic E-state index is 0.362. The number of aryl methyl sites for hydroxylation is 1. The predicted octanol–water partition coefficient (Wildman–Crippen LogP) is 6.07. The maximum Gasteiger partial charge on any atom is 0.411 e. The van der Waals surface area contributed by atoms with Crippen LogP contribution in [0.25, 0.3) is 21.6 Å². The van der Waals surface area contributed by atoms with Crippen molar-refractivity contribution in [3.63, 3.8) is 0 Å². The molecule has 6 nitrogen and oxygen atoms in total. The zero-order chi connectivity index (χ0) is 21.7. The topological polar surface area (TPSA) is 69.7 Å². The summed E-state index contributed by atoms with van der Waals surface area (Å²) in [6.45, 7) is 6.42. The van der Waals surface area contributed by atoms with Crippen molar-refractivity contribution >= 4 is 23.3 Å². The van der Waals surface area contributed by atoms with E-state index in [1.54, 1.807) is 14.2 Å². The Morgan fingerprint density at radius 3 is 2.53 bits per heavy atom. The van der Waals surface area contributed by atoms with Gasteiger partial charge in [-0.25, -0.2) is 4.79 Å². The molecule has 3 aromatic rings. The van der Waals surface area contributed by atoms with E-state index in [2.05, 4.69) is 22.7 Å². The van der Waals surface area contributed by atoms with Crippen molar-refractivity contribution < 1.29 is 19.0 Å². The van der Waals surface area contributed by atoms with Gasteiger partial charge in [-0.15, -0.1) is 0 Å². The van der Waals surface area contributed by atoms with Gasteiger partial charge in [-0.1, -0.05) is 19.1 Å². The molecule has 0 spiro atoms. The highest BCUT2D eigenvalue weighted by molar-refractivity contribution is 7.10. The summed E-state index contributed by atoms with van der Waals surface area (Å²) in [5.74, 6) is 1.41. The predicted molar refractivity (Wildman–Crippen MR) is 121 cm³/mol. The fourth-order valence-corrected chi connectivity index (χ4v) is 3.89. The van der Waals surface area contributed by atoms with Gasteiger partial charge in [0.1, 0.15) is 11.5 Å². The molecule has 0 aliphatic rings. The molecule has 0 saturated heterocycles. The lowest BCUT2D eigenvalue weighted by molar-refractivity contribution is 0.161. The fourth-order valence-electron chi connectivity index (χ4n) is 3.14. The van der Waals surface area contributed by atoms with Crippen LogP contribution in [-0.4, -0.2) is 31.3 Å². The number of carbonyl (C=O) groups is 1. The van der Waals surface area contributed by atoms with Crippen molar-refractivity contribution in [2.75, 3.05) is 26.1 Å². The minimum atomic E-state index is -0.505. The molecule has 1 aromatic heterocycles. The number of aromatic nitrogens is 1. The Morgan fingerprint density at radius 1 is 1.07 bits per heavy atom. The number of nitrogens with zero attached hydrogens (tertiary/aromatic N) is 1. The molecule has 158 valence electrons. The Balaban J connectivity index is 2.00. The third-order valence-electron chi connectivity index (χ3n) is 4.86. The van der Waals surface area contributed by atoms with Crippen LogP contribution in [0, 0.1) is 13.8 Å². The quantitative estimate of drug-likeness (QED) is 0.496. The Hall–Kier alpha value is -3.06. The number of methoxy groups -OCH3 is 2. The molecule has 1 N–H and O–H groups in total. The Labute approximate surface area is 181 Å². The van der Waals surface area contributed by atoms with E-state index in [-0.39, 0.29) is 0 Å². The normalized spacial score (nSPS) is 10.6. The van der Waals surface area contributed by atoms with Crippen molar-refractivity contribution in [3.05, 3.63) is 47.7 Å². The van der Waals surface area contributed by atoms with Crippen LogP contribution >= 0.6 is 11.5 Å². The molecule has 0 saturated carbocycles. The lowest BCUT2D eigenvalue weighted by Crippen LogP contribution is -2.14. The number of amides is 1. The maximum atomic E-state index is 12.1. The molecule has 0 atom stereocenters. The lowest BCUT2D eigenvalue weighted by Gasteiger charge is -2.13. The molecule has 3 rings (SSSR count). The third kappa shape index (κ3) is 4.57. The van der Waals surface area contributed by atoms with Crippen LogP contribution < -0.4 is 14.8 Å². The highest BCUT2D eigenvalue weighted by Crippen LogP contribution is 2.40. The van der Waals surface area contributed by atoms with Crippen LogP contribution in [0.5, 0.6) is 11.5 Å². The van der Waals surface area contributed by atoms with Gasteiger partial charge < -0.3 is 14.2 Å². The highest BCUT2D eigenvalue weighted by Gasteiger charge is 2.16. The number of anilines is 1. The zero-order valence-corrected chi connectivity index (χ0v) is 18.7. The molecule has 0 fully saturated rings. The number of carbonyl (C=O) groups excluding carboxylic acids is 1. The monoisotopic (exact) mass is 426 g/mol. The van der Waals surface area contributed by atoms with Gasteiger partial charge in [0.15, 0.2) is 0 Å². The van der Waals surface area contributed by atoms with Crippen molar-refractivity contribution in [2.24, 2.45) is 0 Å². The summed E-state index contributed by atoms with van der Waals surface area (Å²) in [4.78, 5) is 13.1. The molecular formula is C23H26N2O4S. The van der Waals surface area contributed by atoms with Crippen molar-refractivity contribution in [3.8, 4) is 33.1 Å². The summed E-state index contributed by atoms with van der Waals surface area (Å²) in [6, 6.07) is 9.82. The van der Waals surface area contributed by atoms with Crippen LogP contribution in [0.1, 0.15) is 24.5 Å². The molecule has 30 heavy (non-hydrogen) atoms. The number of rotatable bonds is 7. The first-order valence-electron chi connectivity index (χ1n) is 9.71. The van der Waals surface area contributed by atoms with E-state index >= 15 is 0 Å². The van der Waals surface area contributed by atoms with E-state index in [9.17, 15) is 4.79 Å². The van der Waals surface area contributed by atoms with Gasteiger partial charge in [0.2, 0.25) is 0 Å². The second-order valence-electron chi connectivity index (χ2n) is 6.86. The molecular weight excluding hydrogens is 400 g/mol.